The molecule has 0 saturated heterocycles. The normalized spacial score (nSPS) is 20.3. The van der Waals surface area contributed by atoms with Gasteiger partial charge < -0.3 is 15.7 Å². The van der Waals surface area contributed by atoms with Crippen LogP contribution in [0.1, 0.15) is 46.0 Å². The molecule has 22 heavy (non-hydrogen) atoms. The highest BCUT2D eigenvalue weighted by molar-refractivity contribution is 5.79. The number of hydrogen-bond donors (Lipinski definition) is 3. The molecule has 1 rings (SSSR count). The third-order valence-electron chi connectivity index (χ3n) is 3.92. The van der Waals surface area contributed by atoms with Gasteiger partial charge in [-0.1, -0.05) is 6.92 Å². The first-order valence-electron chi connectivity index (χ1n) is 7.98. The number of carboxylic acids is 1. The number of likely N-dealkylation sites (N-methyl/N-ethyl adjacent to an activating group) is 1. The minimum atomic E-state index is -0.820. The first-order chi connectivity index (χ1) is 10.5. The van der Waals surface area contributed by atoms with Crippen LogP contribution in [0.5, 0.6) is 0 Å². The number of hydrogen-bond acceptors (Lipinski definition) is 4. The van der Waals surface area contributed by atoms with Gasteiger partial charge in [-0.25, -0.2) is 0 Å². The highest BCUT2D eigenvalue weighted by Gasteiger charge is 2.34. The van der Waals surface area contributed by atoms with Crippen molar-refractivity contribution in [3.8, 4) is 0 Å². The number of rotatable bonds is 10. The summed E-state index contributed by atoms with van der Waals surface area (Å²) in [6, 6.07) is 0.367. The molecule has 0 aromatic carbocycles. The molecule has 3 N–H and O–H groups in total. The van der Waals surface area contributed by atoms with Crippen LogP contribution in [0.15, 0.2) is 0 Å². The van der Waals surface area contributed by atoms with Crippen LogP contribution in [-0.2, 0) is 14.4 Å². The number of nitrogens with one attached hydrogen (secondary N) is 2. The first-order valence-corrected chi connectivity index (χ1v) is 7.98. The molecule has 0 radical (unpaired) electrons. The highest BCUT2D eigenvalue weighted by Crippen LogP contribution is 2.25. The zero-order chi connectivity index (χ0) is 16.5. The van der Waals surface area contributed by atoms with Gasteiger partial charge in [0.05, 0.1) is 6.54 Å². The van der Waals surface area contributed by atoms with E-state index in [1.807, 2.05) is 18.7 Å². The zero-order valence-electron chi connectivity index (χ0n) is 13.4. The van der Waals surface area contributed by atoms with Gasteiger partial charge in [-0.2, -0.15) is 0 Å². The van der Waals surface area contributed by atoms with Crippen LogP contribution in [0, 0.1) is 0 Å². The van der Waals surface area contributed by atoms with Crippen LogP contribution in [-0.4, -0.2) is 59.5 Å². The maximum atomic E-state index is 11.8. The summed E-state index contributed by atoms with van der Waals surface area (Å²) in [5.41, 5.74) is 0. The van der Waals surface area contributed by atoms with E-state index in [9.17, 15) is 14.4 Å². The Kier molecular flexibility index (Phi) is 7.87. The predicted molar refractivity (Wildman–Crippen MR) is 82.4 cm³/mol. The van der Waals surface area contributed by atoms with E-state index in [0.717, 1.165) is 12.8 Å². The average Bonchev–Trinajstić information content (AvgIpc) is 2.40. The van der Waals surface area contributed by atoms with Crippen molar-refractivity contribution in [3.05, 3.63) is 0 Å². The zero-order valence-corrected chi connectivity index (χ0v) is 13.4. The molecule has 0 aromatic rings. The lowest BCUT2D eigenvalue weighted by Crippen LogP contribution is -2.54. The standard InChI is InChI=1S/C15H27N3O4/c1-3-16-13(19)6-5-7-14(20)17-11-8-12(9-11)18(4-2)10-15(21)22/h11-12H,3-10H2,1-2H3,(H,16,19)(H,17,20)(H,21,22). The Morgan fingerprint density at radius 3 is 2.32 bits per heavy atom. The largest absolute Gasteiger partial charge is 0.480 e. The summed E-state index contributed by atoms with van der Waals surface area (Å²) in [4.78, 5) is 35.7. The van der Waals surface area contributed by atoms with Crippen molar-refractivity contribution in [2.45, 2.75) is 58.0 Å². The fourth-order valence-electron chi connectivity index (χ4n) is 2.67. The third-order valence-corrected chi connectivity index (χ3v) is 3.92. The van der Waals surface area contributed by atoms with E-state index in [0.29, 0.717) is 32.4 Å². The number of carbonyl (C=O) groups is 3. The van der Waals surface area contributed by atoms with Crippen LogP contribution in [0.4, 0.5) is 0 Å². The molecule has 1 aliphatic carbocycles. The summed E-state index contributed by atoms with van der Waals surface area (Å²) < 4.78 is 0. The second-order valence-corrected chi connectivity index (χ2v) is 5.65. The number of aliphatic carboxylic acids is 1. The predicted octanol–water partition coefficient (Wildman–Crippen LogP) is 0.347. The Bertz CT molecular complexity index is 394. The van der Waals surface area contributed by atoms with E-state index in [4.69, 9.17) is 5.11 Å². The Labute approximate surface area is 131 Å². The Balaban J connectivity index is 2.15. The van der Waals surface area contributed by atoms with Crippen molar-refractivity contribution in [2.24, 2.45) is 0 Å². The summed E-state index contributed by atoms with van der Waals surface area (Å²) in [7, 11) is 0. The van der Waals surface area contributed by atoms with Gasteiger partial charge in [-0.05, 0) is 32.7 Å². The molecule has 1 saturated carbocycles. The minimum Gasteiger partial charge on any atom is -0.480 e. The van der Waals surface area contributed by atoms with Gasteiger partial charge in [0, 0.05) is 31.5 Å². The lowest BCUT2D eigenvalue weighted by atomic mass is 9.85. The van der Waals surface area contributed by atoms with Crippen molar-refractivity contribution in [1.82, 2.24) is 15.5 Å². The molecule has 1 aliphatic rings. The molecule has 0 bridgehead atoms. The maximum Gasteiger partial charge on any atom is 0.317 e. The van der Waals surface area contributed by atoms with Gasteiger partial charge in [0.15, 0.2) is 0 Å². The molecule has 0 atom stereocenters. The summed E-state index contributed by atoms with van der Waals surface area (Å²) in [5.74, 6) is -0.875. The topological polar surface area (TPSA) is 98.7 Å². The Morgan fingerprint density at radius 2 is 1.77 bits per heavy atom. The lowest BCUT2D eigenvalue weighted by Gasteiger charge is -2.42. The molecule has 126 valence electrons. The fraction of sp³-hybridized carbons (Fsp3) is 0.800. The van der Waals surface area contributed by atoms with Crippen molar-refractivity contribution < 1.29 is 19.5 Å². The van der Waals surface area contributed by atoms with Crippen LogP contribution >= 0.6 is 0 Å². The molecule has 0 unspecified atom stereocenters. The van der Waals surface area contributed by atoms with E-state index in [1.165, 1.54) is 0 Å². The van der Waals surface area contributed by atoms with Crippen molar-refractivity contribution in [2.75, 3.05) is 19.6 Å². The monoisotopic (exact) mass is 313 g/mol. The van der Waals surface area contributed by atoms with E-state index in [2.05, 4.69) is 10.6 Å². The smallest absolute Gasteiger partial charge is 0.317 e. The maximum absolute atomic E-state index is 11.8. The molecule has 2 amide bonds. The van der Waals surface area contributed by atoms with Crippen LogP contribution in [0.3, 0.4) is 0 Å². The Morgan fingerprint density at radius 1 is 1.14 bits per heavy atom. The van der Waals surface area contributed by atoms with Crippen LogP contribution in [0.2, 0.25) is 0 Å². The van der Waals surface area contributed by atoms with Crippen LogP contribution < -0.4 is 10.6 Å². The quantitative estimate of drug-likeness (QED) is 0.540. The average molecular weight is 313 g/mol. The lowest BCUT2D eigenvalue weighted by molar-refractivity contribution is -0.140. The molecule has 0 spiro atoms. The number of nitrogens with zero attached hydrogens (tertiary/aromatic N) is 1. The molecular weight excluding hydrogens is 286 g/mol. The van der Waals surface area contributed by atoms with E-state index >= 15 is 0 Å². The molecule has 0 aromatic heterocycles. The Hall–Kier alpha value is -1.63. The van der Waals surface area contributed by atoms with Gasteiger partial charge in [0.25, 0.3) is 0 Å². The molecular formula is C15H27N3O4. The summed E-state index contributed by atoms with van der Waals surface area (Å²) in [6.07, 6.45) is 2.86. The van der Waals surface area contributed by atoms with Gasteiger partial charge in [0.1, 0.15) is 0 Å². The van der Waals surface area contributed by atoms with Crippen molar-refractivity contribution >= 4 is 17.8 Å². The van der Waals surface area contributed by atoms with Crippen LogP contribution in [0.25, 0.3) is 0 Å². The van der Waals surface area contributed by atoms with E-state index < -0.39 is 5.97 Å². The van der Waals surface area contributed by atoms with Gasteiger partial charge in [-0.15, -0.1) is 0 Å². The summed E-state index contributed by atoms with van der Waals surface area (Å²) in [6.45, 7) is 5.16. The molecule has 7 nitrogen and oxygen atoms in total. The van der Waals surface area contributed by atoms with Gasteiger partial charge >= 0.3 is 5.97 Å². The van der Waals surface area contributed by atoms with Crippen molar-refractivity contribution in [1.29, 1.82) is 0 Å². The van der Waals surface area contributed by atoms with Gasteiger partial charge in [-0.3, -0.25) is 19.3 Å². The molecule has 1 fully saturated rings. The summed E-state index contributed by atoms with van der Waals surface area (Å²) >= 11 is 0. The second kappa shape index (κ2) is 9.40. The minimum absolute atomic E-state index is 0.0220. The second-order valence-electron chi connectivity index (χ2n) is 5.65. The first kappa shape index (κ1) is 18.4. The highest BCUT2D eigenvalue weighted by atomic mass is 16.4. The summed E-state index contributed by atoms with van der Waals surface area (Å²) in [5, 5.41) is 14.5. The third kappa shape index (κ3) is 6.43. The molecule has 7 heteroatoms. The molecule has 0 aliphatic heterocycles. The van der Waals surface area contributed by atoms with E-state index in [1.54, 1.807) is 0 Å². The number of carboxylic acid groups (broad SMARTS) is 1. The number of amides is 2. The SMILES string of the molecule is CCNC(=O)CCCC(=O)NC1CC(N(CC)CC(=O)O)C1. The molecule has 0 heterocycles. The van der Waals surface area contributed by atoms with Crippen molar-refractivity contribution in [3.63, 3.8) is 0 Å². The number of carbonyl (C=O) groups excluding carboxylic acids is 2. The van der Waals surface area contributed by atoms with E-state index in [-0.39, 0.29) is 30.4 Å². The van der Waals surface area contributed by atoms with Gasteiger partial charge in [0.2, 0.25) is 11.8 Å². The fourth-order valence-corrected chi connectivity index (χ4v) is 2.67.